The number of fused-ring (bicyclic) bond motifs is 1. The zero-order valence-electron chi connectivity index (χ0n) is 29.3. The zero-order chi connectivity index (χ0) is 37.2. The number of hydrogen-bond acceptors (Lipinski definition) is 7. The highest BCUT2D eigenvalue weighted by atomic mass is 32.2. The molecule has 0 bridgehead atoms. The van der Waals surface area contributed by atoms with Gasteiger partial charge in [-0.05, 0) is 71.1 Å². The fourth-order valence-electron chi connectivity index (χ4n) is 5.71. The van der Waals surface area contributed by atoms with Crippen molar-refractivity contribution in [1.29, 1.82) is 0 Å². The molecule has 0 fully saturated rings. The lowest BCUT2D eigenvalue weighted by molar-refractivity contribution is -0.116. The first-order valence-electron chi connectivity index (χ1n) is 16.7. The second kappa shape index (κ2) is 17.1. The molecule has 3 N–H and O–H groups in total. The Bertz CT molecular complexity index is 2250. The van der Waals surface area contributed by atoms with Gasteiger partial charge in [-0.25, -0.2) is 0 Å². The van der Waals surface area contributed by atoms with E-state index in [1.807, 2.05) is 78.9 Å². The summed E-state index contributed by atoms with van der Waals surface area (Å²) in [4.78, 5) is 41.9. The molecule has 3 amide bonds. The van der Waals surface area contributed by atoms with Gasteiger partial charge in [-0.1, -0.05) is 91.0 Å². The van der Waals surface area contributed by atoms with Gasteiger partial charge < -0.3 is 30.2 Å². The van der Waals surface area contributed by atoms with Crippen LogP contribution in [-0.4, -0.2) is 39.1 Å². The van der Waals surface area contributed by atoms with Crippen molar-refractivity contribution >= 4 is 57.7 Å². The van der Waals surface area contributed by atoms with Gasteiger partial charge in [-0.3, -0.25) is 14.4 Å². The largest absolute Gasteiger partial charge is 0.493 e. The minimum atomic E-state index is -0.609. The van der Waals surface area contributed by atoms with E-state index in [0.717, 1.165) is 26.9 Å². The van der Waals surface area contributed by atoms with Crippen molar-refractivity contribution in [3.8, 4) is 17.2 Å². The highest BCUT2D eigenvalue weighted by Gasteiger charge is 2.24. The number of nitrogens with one attached hydrogen (secondary N) is 3. The fraction of sp³-hybridized carbons (Fsp3) is 0.0930. The lowest BCUT2D eigenvalue weighted by atomic mass is 10.1. The maximum absolute atomic E-state index is 14.0. The molecule has 0 saturated carbocycles. The van der Waals surface area contributed by atoms with E-state index in [1.54, 1.807) is 60.7 Å². The molecular formula is C43H37N3O6S. The van der Waals surface area contributed by atoms with E-state index >= 15 is 0 Å². The molecule has 9 nitrogen and oxygen atoms in total. The van der Waals surface area contributed by atoms with E-state index in [0.29, 0.717) is 34.1 Å². The van der Waals surface area contributed by atoms with Gasteiger partial charge in [0.2, 0.25) is 11.7 Å². The van der Waals surface area contributed by atoms with Gasteiger partial charge in [0.05, 0.1) is 21.3 Å². The first-order chi connectivity index (χ1) is 25.9. The molecular weight excluding hydrogens is 687 g/mol. The average molecular weight is 724 g/mol. The summed E-state index contributed by atoms with van der Waals surface area (Å²) in [5.41, 5.74) is 2.88. The minimum absolute atomic E-state index is 0.0252. The van der Waals surface area contributed by atoms with E-state index in [-0.39, 0.29) is 11.6 Å². The van der Waals surface area contributed by atoms with Crippen LogP contribution in [0, 0.1) is 0 Å². The Morgan fingerprint density at radius 1 is 0.660 bits per heavy atom. The molecule has 53 heavy (non-hydrogen) atoms. The molecule has 0 aromatic heterocycles. The van der Waals surface area contributed by atoms with Crippen LogP contribution in [0.3, 0.4) is 0 Å². The summed E-state index contributed by atoms with van der Waals surface area (Å²) in [7, 11) is 4.49. The molecule has 0 saturated heterocycles. The third kappa shape index (κ3) is 8.87. The fourth-order valence-corrected chi connectivity index (χ4v) is 6.79. The van der Waals surface area contributed by atoms with Crippen LogP contribution in [0.15, 0.2) is 150 Å². The molecule has 0 radical (unpaired) electrons. The number of carbonyl (C=O) groups excluding carboxylic acids is 3. The molecule has 0 aliphatic carbocycles. The Labute approximate surface area is 312 Å². The van der Waals surface area contributed by atoms with Gasteiger partial charge in [0, 0.05) is 27.2 Å². The van der Waals surface area contributed by atoms with Gasteiger partial charge in [0.15, 0.2) is 11.5 Å². The number of hydrogen-bond donors (Lipinski definition) is 3. The monoisotopic (exact) mass is 723 g/mol. The molecule has 0 heterocycles. The molecule has 266 valence electrons. The highest BCUT2D eigenvalue weighted by Crippen LogP contribution is 2.40. The van der Waals surface area contributed by atoms with Crippen molar-refractivity contribution in [2.24, 2.45) is 0 Å². The van der Waals surface area contributed by atoms with Crippen molar-refractivity contribution in [1.82, 2.24) is 5.32 Å². The van der Waals surface area contributed by atoms with Crippen LogP contribution in [0.1, 0.15) is 26.7 Å². The Kier molecular flexibility index (Phi) is 11.7. The van der Waals surface area contributed by atoms with E-state index in [2.05, 4.69) is 16.0 Å². The van der Waals surface area contributed by atoms with Gasteiger partial charge in [0.25, 0.3) is 11.8 Å². The van der Waals surface area contributed by atoms with E-state index in [9.17, 15) is 14.4 Å². The summed E-state index contributed by atoms with van der Waals surface area (Å²) < 4.78 is 16.4. The predicted molar refractivity (Wildman–Crippen MR) is 211 cm³/mol. The Balaban J connectivity index is 1.28. The SMILES string of the molecule is COc1cc(/C=C(/NC(=O)c2ccccc2)C(=O)Nc2cccc(SC(C(=O)Nc3cccc4ccccc34)c3ccccc3)c2)cc(OC)c1OC. The lowest BCUT2D eigenvalue weighted by Crippen LogP contribution is -2.30. The van der Waals surface area contributed by atoms with Crippen LogP contribution in [0.5, 0.6) is 17.2 Å². The molecule has 6 rings (SSSR count). The van der Waals surface area contributed by atoms with Gasteiger partial charge in [-0.15, -0.1) is 11.8 Å². The summed E-state index contributed by atoms with van der Waals surface area (Å²) >= 11 is 1.36. The van der Waals surface area contributed by atoms with Crippen molar-refractivity contribution in [3.05, 3.63) is 162 Å². The van der Waals surface area contributed by atoms with Crippen molar-refractivity contribution in [3.63, 3.8) is 0 Å². The molecule has 6 aromatic carbocycles. The standard InChI is InChI=1S/C43H37N3O6S/c1-50-37-25-28(26-38(51-2)39(37)52-3)24-36(46-41(47)31-17-8-5-9-18-31)42(48)44-32-20-13-21-33(27-32)53-40(30-15-6-4-7-16-30)43(49)45-35-23-12-19-29-14-10-11-22-34(29)35/h4-27,40H,1-3H3,(H,44,48)(H,45,49)(H,46,47)/b36-24+. The summed E-state index contributed by atoms with van der Waals surface area (Å²) in [6.45, 7) is 0. The number of anilines is 2. The highest BCUT2D eigenvalue weighted by molar-refractivity contribution is 8.00. The maximum atomic E-state index is 14.0. The van der Waals surface area contributed by atoms with Crippen molar-refractivity contribution in [2.75, 3.05) is 32.0 Å². The maximum Gasteiger partial charge on any atom is 0.272 e. The number of carbonyl (C=O) groups is 3. The number of benzene rings is 6. The Hall–Kier alpha value is -6.52. The number of ether oxygens (including phenoxy) is 3. The molecule has 0 aliphatic heterocycles. The predicted octanol–water partition coefficient (Wildman–Crippen LogP) is 8.75. The smallest absolute Gasteiger partial charge is 0.272 e. The van der Waals surface area contributed by atoms with E-state index < -0.39 is 17.1 Å². The normalized spacial score (nSPS) is 11.6. The van der Waals surface area contributed by atoms with Gasteiger partial charge >= 0.3 is 0 Å². The summed E-state index contributed by atoms with van der Waals surface area (Å²) in [5.74, 6) is -0.0689. The Morgan fingerprint density at radius 2 is 1.30 bits per heavy atom. The zero-order valence-corrected chi connectivity index (χ0v) is 30.1. The lowest BCUT2D eigenvalue weighted by Gasteiger charge is -2.18. The molecule has 6 aromatic rings. The van der Waals surface area contributed by atoms with Gasteiger partial charge in [0.1, 0.15) is 10.9 Å². The van der Waals surface area contributed by atoms with Crippen LogP contribution >= 0.6 is 11.8 Å². The van der Waals surface area contributed by atoms with E-state index in [1.165, 1.54) is 39.2 Å². The third-order valence-electron chi connectivity index (χ3n) is 8.26. The quantitative estimate of drug-likeness (QED) is 0.0807. The first-order valence-corrected chi connectivity index (χ1v) is 17.5. The third-order valence-corrected chi connectivity index (χ3v) is 9.51. The van der Waals surface area contributed by atoms with E-state index in [4.69, 9.17) is 14.2 Å². The summed E-state index contributed by atoms with van der Waals surface area (Å²) in [6.07, 6.45) is 1.53. The average Bonchev–Trinajstić information content (AvgIpc) is 3.20. The first kappa shape index (κ1) is 36.3. The van der Waals surface area contributed by atoms with Crippen LogP contribution in [0.4, 0.5) is 11.4 Å². The molecule has 1 atom stereocenters. The molecule has 10 heteroatoms. The second-order valence-corrected chi connectivity index (χ2v) is 12.9. The summed E-state index contributed by atoms with van der Waals surface area (Å²) in [5, 5.41) is 10.2. The number of thioether (sulfide) groups is 1. The van der Waals surface area contributed by atoms with Crippen LogP contribution in [0.25, 0.3) is 16.8 Å². The Morgan fingerprint density at radius 3 is 2.00 bits per heavy atom. The topological polar surface area (TPSA) is 115 Å². The second-order valence-electron chi connectivity index (χ2n) is 11.7. The molecule has 0 spiro atoms. The van der Waals surface area contributed by atoms with Crippen molar-refractivity contribution in [2.45, 2.75) is 10.1 Å². The van der Waals surface area contributed by atoms with Crippen LogP contribution < -0.4 is 30.2 Å². The minimum Gasteiger partial charge on any atom is -0.493 e. The number of rotatable bonds is 13. The summed E-state index contributed by atoms with van der Waals surface area (Å²) in [6, 6.07) is 42.4. The number of amides is 3. The van der Waals surface area contributed by atoms with Crippen LogP contribution in [0.2, 0.25) is 0 Å². The molecule has 1 unspecified atom stereocenters. The molecule has 0 aliphatic rings. The van der Waals surface area contributed by atoms with Gasteiger partial charge in [-0.2, -0.15) is 0 Å². The number of methoxy groups -OCH3 is 3. The van der Waals surface area contributed by atoms with Crippen LogP contribution in [-0.2, 0) is 9.59 Å². The van der Waals surface area contributed by atoms with Crippen molar-refractivity contribution < 1.29 is 28.6 Å².